The highest BCUT2D eigenvalue weighted by atomic mass is 35.5. The monoisotopic (exact) mass is 327 g/mol. The van der Waals surface area contributed by atoms with E-state index in [0.717, 1.165) is 12.8 Å². The summed E-state index contributed by atoms with van der Waals surface area (Å²) in [6.07, 6.45) is 1.64. The number of hydrogen-bond acceptors (Lipinski definition) is 2. The van der Waals surface area contributed by atoms with Crippen LogP contribution in [0.4, 0.5) is 9.18 Å². The molecular formula is C16H23ClFN3O. The van der Waals surface area contributed by atoms with Crippen molar-refractivity contribution < 1.29 is 9.18 Å². The van der Waals surface area contributed by atoms with E-state index in [9.17, 15) is 9.18 Å². The van der Waals surface area contributed by atoms with Gasteiger partial charge in [0.1, 0.15) is 5.82 Å². The number of urea groups is 1. The average Bonchev–Trinajstić information content (AvgIpc) is 2.45. The molecule has 6 heteroatoms. The first-order chi connectivity index (χ1) is 10.4. The molecule has 1 atom stereocenters. The molecule has 0 spiro atoms. The van der Waals surface area contributed by atoms with Crippen LogP contribution in [0.5, 0.6) is 0 Å². The molecule has 1 aliphatic heterocycles. The highest BCUT2D eigenvalue weighted by Crippen LogP contribution is 2.28. The Morgan fingerprint density at radius 1 is 1.41 bits per heavy atom. The van der Waals surface area contributed by atoms with Crippen molar-refractivity contribution in [3.8, 4) is 0 Å². The van der Waals surface area contributed by atoms with Gasteiger partial charge in [-0.3, -0.25) is 0 Å². The molecule has 1 heterocycles. The van der Waals surface area contributed by atoms with E-state index in [2.05, 4.69) is 19.2 Å². The maximum absolute atomic E-state index is 14.2. The fraction of sp³-hybridized carbons (Fsp3) is 0.562. The number of nitrogens with zero attached hydrogens (tertiary/aromatic N) is 1. The second-order valence-corrected chi connectivity index (χ2v) is 6.59. The van der Waals surface area contributed by atoms with Crippen LogP contribution >= 0.6 is 11.6 Å². The van der Waals surface area contributed by atoms with Crippen LogP contribution in [0.15, 0.2) is 18.2 Å². The molecule has 0 saturated carbocycles. The van der Waals surface area contributed by atoms with E-state index in [4.69, 9.17) is 17.3 Å². The quantitative estimate of drug-likeness (QED) is 0.891. The lowest BCUT2D eigenvalue weighted by Gasteiger charge is -2.35. The van der Waals surface area contributed by atoms with Crippen molar-refractivity contribution in [3.05, 3.63) is 34.6 Å². The smallest absolute Gasteiger partial charge is 0.314 e. The van der Waals surface area contributed by atoms with Crippen LogP contribution in [-0.2, 0) is 0 Å². The number of hydrogen-bond donors (Lipinski definition) is 2. The number of rotatable bonds is 4. The minimum Gasteiger partial charge on any atom is -0.351 e. The Balaban J connectivity index is 2.05. The molecule has 2 amide bonds. The Kier molecular flexibility index (Phi) is 5.64. The zero-order chi connectivity index (χ0) is 16.3. The maximum Gasteiger partial charge on any atom is 0.314 e. The predicted octanol–water partition coefficient (Wildman–Crippen LogP) is 3.31. The molecule has 4 nitrogen and oxygen atoms in total. The van der Waals surface area contributed by atoms with Gasteiger partial charge in [0.15, 0.2) is 0 Å². The van der Waals surface area contributed by atoms with Gasteiger partial charge in [-0.2, -0.15) is 0 Å². The number of halogens is 2. The third-order valence-corrected chi connectivity index (χ3v) is 4.42. The second kappa shape index (κ2) is 7.29. The van der Waals surface area contributed by atoms with Gasteiger partial charge in [0.25, 0.3) is 0 Å². The van der Waals surface area contributed by atoms with Gasteiger partial charge in [0, 0.05) is 35.8 Å². The summed E-state index contributed by atoms with van der Waals surface area (Å²) >= 11 is 5.83. The molecule has 0 radical (unpaired) electrons. The van der Waals surface area contributed by atoms with Crippen molar-refractivity contribution in [2.75, 3.05) is 13.1 Å². The van der Waals surface area contributed by atoms with Crippen molar-refractivity contribution in [2.45, 2.75) is 38.8 Å². The molecule has 0 unspecified atom stereocenters. The third kappa shape index (κ3) is 4.11. The number of likely N-dealkylation sites (tertiary alicyclic amines) is 1. The number of benzene rings is 1. The topological polar surface area (TPSA) is 58.4 Å². The molecule has 22 heavy (non-hydrogen) atoms. The Bertz CT molecular complexity index is 530. The van der Waals surface area contributed by atoms with E-state index >= 15 is 0 Å². The standard InChI is InChI=1S/C16H23ClFN3O/c1-10(2)15(13-4-3-11(17)9-14(13)18)20-12-5-7-21(8-6-12)16(19)22/h3-4,9-10,12,15,20H,5-8H2,1-2H3,(H2,19,22)/t15-/m0/s1. The number of piperidine rings is 1. The summed E-state index contributed by atoms with van der Waals surface area (Å²) < 4.78 is 14.2. The summed E-state index contributed by atoms with van der Waals surface area (Å²) in [5.41, 5.74) is 5.93. The van der Waals surface area contributed by atoms with Gasteiger partial charge in [-0.15, -0.1) is 0 Å². The summed E-state index contributed by atoms with van der Waals surface area (Å²) in [7, 11) is 0. The van der Waals surface area contributed by atoms with E-state index < -0.39 is 0 Å². The van der Waals surface area contributed by atoms with Crippen molar-refractivity contribution in [1.29, 1.82) is 0 Å². The summed E-state index contributed by atoms with van der Waals surface area (Å²) in [5.74, 6) is -0.0434. The molecular weight excluding hydrogens is 305 g/mol. The largest absolute Gasteiger partial charge is 0.351 e. The minimum absolute atomic E-state index is 0.0811. The van der Waals surface area contributed by atoms with Crippen LogP contribution in [0.3, 0.4) is 0 Å². The lowest BCUT2D eigenvalue weighted by Crippen LogP contribution is -2.48. The number of amides is 2. The van der Waals surface area contributed by atoms with E-state index in [1.807, 2.05) is 0 Å². The Labute approximate surface area is 135 Å². The minimum atomic E-state index is -0.373. The summed E-state index contributed by atoms with van der Waals surface area (Å²) in [4.78, 5) is 12.8. The maximum atomic E-state index is 14.2. The fourth-order valence-corrected chi connectivity index (χ4v) is 3.07. The Hall–Kier alpha value is -1.33. The van der Waals surface area contributed by atoms with Gasteiger partial charge in [0.05, 0.1) is 0 Å². The van der Waals surface area contributed by atoms with Gasteiger partial charge < -0.3 is 16.0 Å². The molecule has 2 rings (SSSR count). The van der Waals surface area contributed by atoms with Gasteiger partial charge in [-0.1, -0.05) is 31.5 Å². The predicted molar refractivity (Wildman–Crippen MR) is 86.3 cm³/mol. The molecule has 0 aliphatic carbocycles. The van der Waals surface area contributed by atoms with Crippen LogP contribution in [0.25, 0.3) is 0 Å². The van der Waals surface area contributed by atoms with Crippen LogP contribution < -0.4 is 11.1 Å². The van der Waals surface area contributed by atoms with E-state index in [0.29, 0.717) is 23.7 Å². The van der Waals surface area contributed by atoms with Gasteiger partial charge in [-0.05, 0) is 30.9 Å². The zero-order valence-corrected chi connectivity index (χ0v) is 13.7. The van der Waals surface area contributed by atoms with Crippen LogP contribution in [0.2, 0.25) is 5.02 Å². The Morgan fingerprint density at radius 3 is 2.55 bits per heavy atom. The molecule has 0 aromatic heterocycles. The second-order valence-electron chi connectivity index (χ2n) is 6.15. The van der Waals surface area contributed by atoms with E-state index in [-0.39, 0.29) is 29.8 Å². The first-order valence-electron chi connectivity index (χ1n) is 7.64. The lowest BCUT2D eigenvalue weighted by atomic mass is 9.93. The molecule has 1 aromatic carbocycles. The van der Waals surface area contributed by atoms with Crippen LogP contribution in [0, 0.1) is 11.7 Å². The normalized spacial score (nSPS) is 17.8. The Morgan fingerprint density at radius 2 is 2.05 bits per heavy atom. The van der Waals surface area contributed by atoms with Crippen LogP contribution in [-0.4, -0.2) is 30.1 Å². The number of carbonyl (C=O) groups excluding carboxylic acids is 1. The van der Waals surface area contributed by atoms with Gasteiger partial charge in [-0.25, -0.2) is 9.18 Å². The highest BCUT2D eigenvalue weighted by Gasteiger charge is 2.26. The molecule has 0 bridgehead atoms. The van der Waals surface area contributed by atoms with E-state index in [1.165, 1.54) is 6.07 Å². The lowest BCUT2D eigenvalue weighted by molar-refractivity contribution is 0.179. The van der Waals surface area contributed by atoms with Gasteiger partial charge >= 0.3 is 6.03 Å². The van der Waals surface area contributed by atoms with E-state index in [1.54, 1.807) is 17.0 Å². The van der Waals surface area contributed by atoms with Gasteiger partial charge in [0.2, 0.25) is 0 Å². The number of primary amides is 1. The summed E-state index contributed by atoms with van der Waals surface area (Å²) in [6.45, 7) is 5.40. The van der Waals surface area contributed by atoms with Crippen molar-refractivity contribution in [3.63, 3.8) is 0 Å². The van der Waals surface area contributed by atoms with Crippen molar-refractivity contribution >= 4 is 17.6 Å². The molecule has 1 saturated heterocycles. The third-order valence-electron chi connectivity index (χ3n) is 4.19. The molecule has 1 aliphatic rings. The number of nitrogens with one attached hydrogen (secondary N) is 1. The molecule has 1 aromatic rings. The molecule has 1 fully saturated rings. The molecule has 122 valence electrons. The van der Waals surface area contributed by atoms with Crippen LogP contribution in [0.1, 0.15) is 38.3 Å². The number of carbonyl (C=O) groups is 1. The van der Waals surface area contributed by atoms with Crippen molar-refractivity contribution in [1.82, 2.24) is 10.2 Å². The molecule has 3 N–H and O–H groups in total. The zero-order valence-electron chi connectivity index (χ0n) is 13.0. The fourth-order valence-electron chi connectivity index (χ4n) is 2.92. The first kappa shape index (κ1) is 17.0. The highest BCUT2D eigenvalue weighted by molar-refractivity contribution is 6.30. The SMILES string of the molecule is CC(C)[C@H](NC1CCN(C(N)=O)CC1)c1ccc(Cl)cc1F. The first-order valence-corrected chi connectivity index (χ1v) is 8.01. The average molecular weight is 328 g/mol. The summed E-state index contributed by atoms with van der Waals surface area (Å²) in [6, 6.07) is 4.60. The summed E-state index contributed by atoms with van der Waals surface area (Å²) in [5, 5.41) is 3.93. The van der Waals surface area contributed by atoms with Crippen molar-refractivity contribution in [2.24, 2.45) is 11.7 Å². The number of nitrogens with two attached hydrogens (primary N) is 1.